The first kappa shape index (κ1) is 15.9. The molecule has 4 rings (SSSR count). The van der Waals surface area contributed by atoms with Crippen LogP contribution in [0.15, 0.2) is 18.2 Å². The van der Waals surface area contributed by atoms with E-state index in [-0.39, 0.29) is 0 Å². The zero-order valence-corrected chi connectivity index (χ0v) is 12.5. The molecule has 0 radical (unpaired) electrons. The normalized spacial score (nSPS) is 26.3. The van der Waals surface area contributed by atoms with Crippen LogP contribution < -0.4 is 10.1 Å². The minimum absolute atomic E-state index is 0.354. The second kappa shape index (κ2) is 6.63. The quantitative estimate of drug-likeness (QED) is 0.632. The first-order chi connectivity index (χ1) is 11.0. The third kappa shape index (κ3) is 3.67. The molecule has 7 nitrogen and oxygen atoms in total. The van der Waals surface area contributed by atoms with Gasteiger partial charge in [-0.2, -0.15) is 8.78 Å². The number of hydrogen-bond donors (Lipinski definition) is 1. The first-order valence-corrected chi connectivity index (χ1v) is 7.46. The summed E-state index contributed by atoms with van der Waals surface area (Å²) in [5.74, 6) is -0.427. The monoisotopic (exact) mass is 328 g/mol. The van der Waals surface area contributed by atoms with Crippen molar-refractivity contribution in [2.24, 2.45) is 0 Å². The van der Waals surface area contributed by atoms with Crippen molar-refractivity contribution in [3.05, 3.63) is 28.3 Å². The largest absolute Gasteiger partial charge is 0.427 e. The molecule has 1 atom stereocenters. The van der Waals surface area contributed by atoms with E-state index >= 15 is 0 Å². The lowest BCUT2D eigenvalue weighted by atomic mass is 10.1. The van der Waals surface area contributed by atoms with Crippen molar-refractivity contribution in [1.29, 1.82) is 0 Å². The van der Waals surface area contributed by atoms with Gasteiger partial charge < -0.3 is 10.1 Å². The number of anilines is 1. The van der Waals surface area contributed by atoms with Gasteiger partial charge in [-0.25, -0.2) is 0 Å². The van der Waals surface area contributed by atoms with E-state index in [9.17, 15) is 18.9 Å². The van der Waals surface area contributed by atoms with E-state index in [1.54, 1.807) is 0 Å². The number of halogens is 2. The van der Waals surface area contributed by atoms with Gasteiger partial charge in [0.1, 0.15) is 0 Å². The van der Waals surface area contributed by atoms with Crippen LogP contribution in [0.25, 0.3) is 0 Å². The summed E-state index contributed by atoms with van der Waals surface area (Å²) in [6.45, 7) is 2.76. The van der Waals surface area contributed by atoms with Crippen molar-refractivity contribution in [1.82, 2.24) is 9.80 Å². The molecule has 1 aromatic rings. The van der Waals surface area contributed by atoms with Gasteiger partial charge in [-0.3, -0.25) is 19.9 Å². The summed E-state index contributed by atoms with van der Waals surface area (Å²) in [6, 6.07) is 4.29. The number of rotatable bonds is 6. The van der Waals surface area contributed by atoms with Crippen LogP contribution in [0.2, 0.25) is 0 Å². The lowest BCUT2D eigenvalue weighted by molar-refractivity contribution is -0.386. The smallest absolute Gasteiger partial charge is 0.387 e. The second-order valence-corrected chi connectivity index (χ2v) is 5.69. The van der Waals surface area contributed by atoms with Crippen LogP contribution in [0, 0.1) is 10.1 Å². The van der Waals surface area contributed by atoms with Gasteiger partial charge in [0.25, 0.3) is 0 Å². The fourth-order valence-electron chi connectivity index (χ4n) is 3.12. The Morgan fingerprint density at radius 2 is 2.09 bits per heavy atom. The lowest BCUT2D eigenvalue weighted by Crippen LogP contribution is -2.62. The molecule has 0 spiro atoms. The van der Waals surface area contributed by atoms with E-state index in [2.05, 4.69) is 19.9 Å². The van der Waals surface area contributed by atoms with E-state index in [1.807, 2.05) is 0 Å². The average molecular weight is 328 g/mol. The molecule has 1 N–H and O–H groups in total. The molecule has 0 amide bonds. The van der Waals surface area contributed by atoms with E-state index in [0.29, 0.717) is 18.3 Å². The fraction of sp³-hybridized carbons (Fsp3) is 0.571. The number of benzene rings is 1. The standard InChI is InChI=1S/C14H18F2N4O3/c15-14(16)23-13-7-10(1-2-12(13)20(21)22)17-8-11-9-18-3-5-19(11)6-4-18/h1-2,7,11,14,17H,3-6,8-9H2. The zero-order valence-electron chi connectivity index (χ0n) is 12.5. The number of piperazine rings is 3. The Balaban J connectivity index is 1.66. The number of nitro groups is 1. The van der Waals surface area contributed by atoms with Gasteiger partial charge in [0.2, 0.25) is 5.75 Å². The summed E-state index contributed by atoms with van der Waals surface area (Å²) < 4.78 is 29.0. The number of fused-ring (bicyclic) bond motifs is 3. The maximum atomic E-state index is 12.4. The van der Waals surface area contributed by atoms with Crippen LogP contribution in [0.5, 0.6) is 5.75 Å². The molecule has 23 heavy (non-hydrogen) atoms. The summed E-state index contributed by atoms with van der Waals surface area (Å²) in [5, 5.41) is 14.0. The van der Waals surface area contributed by atoms with E-state index in [0.717, 1.165) is 32.7 Å². The molecule has 0 saturated carbocycles. The van der Waals surface area contributed by atoms with Crippen LogP contribution in [0.3, 0.4) is 0 Å². The summed E-state index contributed by atoms with van der Waals surface area (Å²) >= 11 is 0. The Kier molecular flexibility index (Phi) is 4.58. The number of nitrogens with zero attached hydrogens (tertiary/aromatic N) is 3. The Bertz CT molecular complexity index is 579. The lowest BCUT2D eigenvalue weighted by Gasteiger charge is -2.47. The van der Waals surface area contributed by atoms with Crippen molar-refractivity contribution < 1.29 is 18.4 Å². The molecular weight excluding hydrogens is 310 g/mol. The molecule has 126 valence electrons. The molecule has 2 bridgehead atoms. The van der Waals surface area contributed by atoms with Gasteiger partial charge in [0.05, 0.1) is 4.92 Å². The first-order valence-electron chi connectivity index (χ1n) is 7.46. The molecule has 1 unspecified atom stereocenters. The van der Waals surface area contributed by atoms with Crippen LogP contribution in [-0.2, 0) is 0 Å². The Morgan fingerprint density at radius 1 is 1.35 bits per heavy atom. The topological polar surface area (TPSA) is 70.9 Å². The van der Waals surface area contributed by atoms with Crippen LogP contribution in [-0.4, -0.2) is 66.6 Å². The molecule has 3 aliphatic heterocycles. The molecule has 3 fully saturated rings. The number of nitro benzene ring substituents is 1. The van der Waals surface area contributed by atoms with Gasteiger partial charge in [-0.15, -0.1) is 0 Å². The van der Waals surface area contributed by atoms with Gasteiger partial charge in [0, 0.05) is 63.1 Å². The summed E-state index contributed by atoms with van der Waals surface area (Å²) in [7, 11) is 0. The Morgan fingerprint density at radius 3 is 2.65 bits per heavy atom. The van der Waals surface area contributed by atoms with Crippen molar-refractivity contribution >= 4 is 11.4 Å². The van der Waals surface area contributed by atoms with E-state index < -0.39 is 23.0 Å². The predicted molar refractivity (Wildman–Crippen MR) is 80.0 cm³/mol. The molecule has 9 heteroatoms. The maximum absolute atomic E-state index is 12.4. The third-order valence-corrected chi connectivity index (χ3v) is 4.31. The van der Waals surface area contributed by atoms with Crippen molar-refractivity contribution in [2.45, 2.75) is 12.7 Å². The third-order valence-electron chi connectivity index (χ3n) is 4.31. The summed E-state index contributed by atoms with van der Waals surface area (Å²) in [4.78, 5) is 14.9. The zero-order chi connectivity index (χ0) is 16.4. The van der Waals surface area contributed by atoms with Crippen LogP contribution in [0.4, 0.5) is 20.2 Å². The highest BCUT2D eigenvalue weighted by molar-refractivity contribution is 5.58. The Labute approximate surface area is 132 Å². The van der Waals surface area contributed by atoms with Crippen molar-refractivity contribution in [2.75, 3.05) is 44.6 Å². The number of alkyl halides is 2. The highest BCUT2D eigenvalue weighted by Gasteiger charge is 2.31. The van der Waals surface area contributed by atoms with E-state index in [4.69, 9.17) is 0 Å². The predicted octanol–water partition coefficient (Wildman–Crippen LogP) is 1.61. The molecule has 3 saturated heterocycles. The molecular formula is C14H18F2N4O3. The van der Waals surface area contributed by atoms with Crippen LogP contribution >= 0.6 is 0 Å². The fourth-order valence-corrected chi connectivity index (χ4v) is 3.12. The number of nitrogens with one attached hydrogen (secondary N) is 1. The minimum atomic E-state index is -3.10. The molecule has 3 heterocycles. The second-order valence-electron chi connectivity index (χ2n) is 5.69. The maximum Gasteiger partial charge on any atom is 0.387 e. The highest BCUT2D eigenvalue weighted by Crippen LogP contribution is 2.31. The summed E-state index contributed by atoms with van der Waals surface area (Å²) in [6.07, 6.45) is 0. The van der Waals surface area contributed by atoms with Gasteiger partial charge in [0.15, 0.2) is 0 Å². The minimum Gasteiger partial charge on any atom is -0.427 e. The molecule has 1 aromatic carbocycles. The van der Waals surface area contributed by atoms with Gasteiger partial charge in [-0.05, 0) is 6.07 Å². The molecule has 0 aromatic heterocycles. The molecule has 0 aliphatic carbocycles. The number of ether oxygens (including phenoxy) is 1. The van der Waals surface area contributed by atoms with Gasteiger partial charge >= 0.3 is 12.3 Å². The summed E-state index contributed by atoms with van der Waals surface area (Å²) in [5.41, 5.74) is 0.0614. The highest BCUT2D eigenvalue weighted by atomic mass is 19.3. The van der Waals surface area contributed by atoms with Crippen molar-refractivity contribution in [3.8, 4) is 5.75 Å². The average Bonchev–Trinajstić information content (AvgIpc) is 2.53. The van der Waals surface area contributed by atoms with Crippen LogP contribution in [0.1, 0.15) is 0 Å². The van der Waals surface area contributed by atoms with E-state index in [1.165, 1.54) is 18.2 Å². The molecule has 3 aliphatic rings. The SMILES string of the molecule is O=[N+]([O-])c1ccc(NCC2CN3CCN2CC3)cc1OC(F)F. The van der Waals surface area contributed by atoms with Gasteiger partial charge in [-0.1, -0.05) is 0 Å². The Hall–Kier alpha value is -2.00. The number of hydrogen-bond acceptors (Lipinski definition) is 6. The van der Waals surface area contributed by atoms with Crippen molar-refractivity contribution in [3.63, 3.8) is 0 Å².